The number of halogens is 3. The van der Waals surface area contributed by atoms with Gasteiger partial charge in [-0.2, -0.15) is 13.2 Å². The lowest BCUT2D eigenvalue weighted by atomic mass is 9.83. The normalized spacial score (nSPS) is 37.3. The SMILES string of the molecule is FC(F)(F)C1CCNC(C2CCCOC2)C1. The van der Waals surface area contributed by atoms with E-state index in [2.05, 4.69) is 5.32 Å². The van der Waals surface area contributed by atoms with Gasteiger partial charge in [0.2, 0.25) is 0 Å². The molecule has 0 spiro atoms. The Morgan fingerprint density at radius 3 is 2.62 bits per heavy atom. The largest absolute Gasteiger partial charge is 0.391 e. The summed E-state index contributed by atoms with van der Waals surface area (Å²) in [5, 5.41) is 3.21. The third-order valence-corrected chi connectivity index (χ3v) is 3.67. The molecule has 2 nitrogen and oxygen atoms in total. The van der Waals surface area contributed by atoms with Gasteiger partial charge < -0.3 is 10.1 Å². The summed E-state index contributed by atoms with van der Waals surface area (Å²) >= 11 is 0. The molecule has 0 aliphatic carbocycles. The molecule has 0 amide bonds. The van der Waals surface area contributed by atoms with E-state index in [1.54, 1.807) is 0 Å². The minimum absolute atomic E-state index is 0.0133. The summed E-state index contributed by atoms with van der Waals surface area (Å²) in [6.45, 7) is 1.85. The van der Waals surface area contributed by atoms with Crippen molar-refractivity contribution >= 4 is 0 Å². The molecule has 2 rings (SSSR count). The highest BCUT2D eigenvalue weighted by Gasteiger charge is 2.43. The lowest BCUT2D eigenvalue weighted by Crippen LogP contribution is -2.48. The van der Waals surface area contributed by atoms with Crippen LogP contribution in [0.5, 0.6) is 0 Å². The molecular weight excluding hydrogens is 219 g/mol. The van der Waals surface area contributed by atoms with Crippen LogP contribution in [0.3, 0.4) is 0 Å². The van der Waals surface area contributed by atoms with E-state index in [0.29, 0.717) is 13.2 Å². The van der Waals surface area contributed by atoms with E-state index in [-0.39, 0.29) is 24.8 Å². The lowest BCUT2D eigenvalue weighted by Gasteiger charge is -2.37. The molecule has 0 aromatic heterocycles. The van der Waals surface area contributed by atoms with Crippen LogP contribution in [0.15, 0.2) is 0 Å². The Morgan fingerprint density at radius 2 is 2.00 bits per heavy atom. The topological polar surface area (TPSA) is 21.3 Å². The van der Waals surface area contributed by atoms with Crippen molar-refractivity contribution in [1.29, 1.82) is 0 Å². The number of hydrogen-bond donors (Lipinski definition) is 1. The maximum atomic E-state index is 12.6. The molecule has 2 aliphatic rings. The van der Waals surface area contributed by atoms with Gasteiger partial charge in [0, 0.05) is 12.6 Å². The number of nitrogens with one attached hydrogen (secondary N) is 1. The van der Waals surface area contributed by atoms with Crippen molar-refractivity contribution in [2.45, 2.75) is 37.9 Å². The molecule has 0 bridgehead atoms. The first-order valence-corrected chi connectivity index (χ1v) is 5.95. The molecule has 0 saturated carbocycles. The molecular formula is C11H18F3NO. The highest BCUT2D eigenvalue weighted by atomic mass is 19.4. The van der Waals surface area contributed by atoms with Gasteiger partial charge in [0.25, 0.3) is 0 Å². The summed E-state index contributed by atoms with van der Waals surface area (Å²) in [5.74, 6) is -0.862. The predicted octanol–water partition coefficient (Wildman–Crippen LogP) is 2.34. The first-order valence-electron chi connectivity index (χ1n) is 5.95. The van der Waals surface area contributed by atoms with Gasteiger partial charge in [-0.15, -0.1) is 0 Å². The van der Waals surface area contributed by atoms with E-state index in [0.717, 1.165) is 19.4 Å². The van der Waals surface area contributed by atoms with E-state index in [1.807, 2.05) is 0 Å². The molecule has 16 heavy (non-hydrogen) atoms. The van der Waals surface area contributed by atoms with Crippen LogP contribution in [0.2, 0.25) is 0 Å². The van der Waals surface area contributed by atoms with Crippen LogP contribution in [0.25, 0.3) is 0 Å². The zero-order valence-electron chi connectivity index (χ0n) is 9.22. The molecule has 2 aliphatic heterocycles. The lowest BCUT2D eigenvalue weighted by molar-refractivity contribution is -0.185. The molecule has 1 N–H and O–H groups in total. The first kappa shape index (κ1) is 12.2. The van der Waals surface area contributed by atoms with Crippen LogP contribution in [0.1, 0.15) is 25.7 Å². The summed E-state index contributed by atoms with van der Waals surface area (Å²) < 4.78 is 43.2. The standard InChI is InChI=1S/C11H18F3NO/c12-11(13,14)9-3-4-15-10(6-9)8-2-1-5-16-7-8/h8-10,15H,1-7H2. The summed E-state index contributed by atoms with van der Waals surface area (Å²) in [5.41, 5.74) is 0. The minimum Gasteiger partial charge on any atom is -0.381 e. The number of rotatable bonds is 1. The van der Waals surface area contributed by atoms with E-state index in [4.69, 9.17) is 4.74 Å². The van der Waals surface area contributed by atoms with Crippen molar-refractivity contribution in [2.24, 2.45) is 11.8 Å². The molecule has 3 atom stereocenters. The second-order valence-corrected chi connectivity index (χ2v) is 4.80. The zero-order valence-corrected chi connectivity index (χ0v) is 9.22. The van der Waals surface area contributed by atoms with Gasteiger partial charge in [0.1, 0.15) is 0 Å². The first-order chi connectivity index (χ1) is 7.57. The van der Waals surface area contributed by atoms with Crippen molar-refractivity contribution < 1.29 is 17.9 Å². The molecule has 5 heteroatoms. The molecule has 2 fully saturated rings. The minimum atomic E-state index is -4.03. The fraction of sp³-hybridized carbons (Fsp3) is 1.00. The van der Waals surface area contributed by atoms with E-state index >= 15 is 0 Å². The maximum absolute atomic E-state index is 12.6. The molecule has 2 heterocycles. The van der Waals surface area contributed by atoms with Gasteiger partial charge in [0.15, 0.2) is 0 Å². The summed E-state index contributed by atoms with van der Waals surface area (Å²) in [4.78, 5) is 0. The van der Waals surface area contributed by atoms with Crippen LogP contribution in [-0.2, 0) is 4.74 Å². The maximum Gasteiger partial charge on any atom is 0.391 e. The number of piperidine rings is 1. The average Bonchev–Trinajstić information content (AvgIpc) is 2.29. The fourth-order valence-electron chi connectivity index (χ4n) is 2.69. The van der Waals surface area contributed by atoms with Crippen molar-refractivity contribution in [2.75, 3.05) is 19.8 Å². The molecule has 94 valence electrons. The Balaban J connectivity index is 1.90. The average molecular weight is 237 g/mol. The Kier molecular flexibility index (Phi) is 3.74. The van der Waals surface area contributed by atoms with E-state index in [9.17, 15) is 13.2 Å². The molecule has 0 radical (unpaired) electrons. The van der Waals surface area contributed by atoms with Crippen molar-refractivity contribution in [3.05, 3.63) is 0 Å². The van der Waals surface area contributed by atoms with Crippen LogP contribution < -0.4 is 5.32 Å². The zero-order chi connectivity index (χ0) is 11.6. The van der Waals surface area contributed by atoms with E-state index in [1.165, 1.54) is 0 Å². The Hall–Kier alpha value is -0.290. The van der Waals surface area contributed by atoms with Crippen molar-refractivity contribution in [3.8, 4) is 0 Å². The predicted molar refractivity (Wildman–Crippen MR) is 54.1 cm³/mol. The van der Waals surface area contributed by atoms with Crippen molar-refractivity contribution in [3.63, 3.8) is 0 Å². The van der Waals surface area contributed by atoms with Gasteiger partial charge in [-0.3, -0.25) is 0 Å². The Bertz CT molecular complexity index is 226. The third-order valence-electron chi connectivity index (χ3n) is 3.67. The van der Waals surface area contributed by atoms with Crippen LogP contribution in [0.4, 0.5) is 13.2 Å². The van der Waals surface area contributed by atoms with Gasteiger partial charge in [-0.05, 0) is 38.1 Å². The number of ether oxygens (including phenoxy) is 1. The van der Waals surface area contributed by atoms with E-state index < -0.39 is 12.1 Å². The summed E-state index contributed by atoms with van der Waals surface area (Å²) in [6, 6.07) is -0.0133. The molecule has 3 unspecified atom stereocenters. The highest BCUT2D eigenvalue weighted by Crippen LogP contribution is 2.36. The summed E-state index contributed by atoms with van der Waals surface area (Å²) in [6.07, 6.45) is -1.64. The molecule has 0 aromatic rings. The van der Waals surface area contributed by atoms with Gasteiger partial charge in [0.05, 0.1) is 12.5 Å². The van der Waals surface area contributed by atoms with Crippen LogP contribution >= 0.6 is 0 Å². The fourth-order valence-corrected chi connectivity index (χ4v) is 2.69. The van der Waals surface area contributed by atoms with Gasteiger partial charge in [-0.25, -0.2) is 0 Å². The molecule has 0 aromatic carbocycles. The molecule has 2 saturated heterocycles. The van der Waals surface area contributed by atoms with Gasteiger partial charge >= 0.3 is 6.18 Å². The number of alkyl halides is 3. The monoisotopic (exact) mass is 237 g/mol. The second-order valence-electron chi connectivity index (χ2n) is 4.80. The van der Waals surface area contributed by atoms with Crippen LogP contribution in [0, 0.1) is 11.8 Å². The van der Waals surface area contributed by atoms with Crippen LogP contribution in [-0.4, -0.2) is 32.0 Å². The third kappa shape index (κ3) is 2.88. The highest BCUT2D eigenvalue weighted by molar-refractivity contribution is 4.87. The van der Waals surface area contributed by atoms with Crippen molar-refractivity contribution in [1.82, 2.24) is 5.32 Å². The Labute approximate surface area is 93.5 Å². The summed E-state index contributed by atoms with van der Waals surface area (Å²) in [7, 11) is 0. The smallest absolute Gasteiger partial charge is 0.381 e. The number of hydrogen-bond acceptors (Lipinski definition) is 2. The quantitative estimate of drug-likeness (QED) is 0.755. The Morgan fingerprint density at radius 1 is 1.19 bits per heavy atom. The van der Waals surface area contributed by atoms with Gasteiger partial charge in [-0.1, -0.05) is 0 Å². The second kappa shape index (κ2) is 4.92.